The molecule has 1 saturated heterocycles. The van der Waals surface area contributed by atoms with Crippen molar-refractivity contribution >= 4 is 35.6 Å². The number of pyridine rings is 1. The highest BCUT2D eigenvalue weighted by Crippen LogP contribution is 2.25. The van der Waals surface area contributed by atoms with E-state index >= 15 is 0 Å². The van der Waals surface area contributed by atoms with Gasteiger partial charge in [-0.2, -0.15) is 0 Å². The molecule has 7 nitrogen and oxygen atoms in total. The number of guanidine groups is 1. The second-order valence-corrected chi connectivity index (χ2v) is 7.61. The van der Waals surface area contributed by atoms with E-state index in [9.17, 15) is 0 Å². The summed E-state index contributed by atoms with van der Waals surface area (Å²) in [7, 11) is 0. The number of rotatable bonds is 8. The summed E-state index contributed by atoms with van der Waals surface area (Å²) in [5.41, 5.74) is 2.22. The number of likely N-dealkylation sites (tertiary alicyclic amines) is 1. The van der Waals surface area contributed by atoms with E-state index in [4.69, 9.17) is 4.99 Å². The molecule has 2 aromatic heterocycles. The normalized spacial score (nSPS) is 15.6. The summed E-state index contributed by atoms with van der Waals surface area (Å²) >= 11 is 0. The highest BCUT2D eigenvalue weighted by atomic mass is 127. The van der Waals surface area contributed by atoms with Crippen molar-refractivity contribution in [2.45, 2.75) is 32.2 Å². The standard InChI is InChI=1S/C23H31N7.HI/c1-2-24-23(25-14-13-22-28-27-21-12-6-7-17-30(21)22)26-18-20(29-15-8-9-16-29)19-10-4-3-5-11-19;/h3-7,10-12,17,20H,2,8-9,13-16,18H2,1H3,(H2,24,25,26);1H. The summed E-state index contributed by atoms with van der Waals surface area (Å²) < 4.78 is 2.03. The van der Waals surface area contributed by atoms with Crippen LogP contribution in [0.5, 0.6) is 0 Å². The molecular formula is C23H32IN7. The highest BCUT2D eigenvalue weighted by molar-refractivity contribution is 14.0. The Bertz CT molecular complexity index is 951. The minimum Gasteiger partial charge on any atom is -0.357 e. The van der Waals surface area contributed by atoms with E-state index in [-0.39, 0.29) is 24.0 Å². The van der Waals surface area contributed by atoms with E-state index in [2.05, 4.69) is 63.0 Å². The maximum atomic E-state index is 4.93. The predicted octanol–water partition coefficient (Wildman–Crippen LogP) is 3.28. The van der Waals surface area contributed by atoms with Crippen LogP contribution in [0.3, 0.4) is 0 Å². The van der Waals surface area contributed by atoms with Crippen LogP contribution in [0.4, 0.5) is 0 Å². The Kier molecular flexibility index (Phi) is 9.08. The molecule has 1 aliphatic rings. The minimum absolute atomic E-state index is 0. The highest BCUT2D eigenvalue weighted by Gasteiger charge is 2.23. The Morgan fingerprint density at radius 3 is 2.58 bits per heavy atom. The largest absolute Gasteiger partial charge is 0.357 e. The monoisotopic (exact) mass is 533 g/mol. The van der Waals surface area contributed by atoms with Crippen molar-refractivity contribution in [2.24, 2.45) is 4.99 Å². The fourth-order valence-corrected chi connectivity index (χ4v) is 4.03. The number of hydrogen-bond acceptors (Lipinski definition) is 4. The van der Waals surface area contributed by atoms with Crippen LogP contribution in [0.15, 0.2) is 59.7 Å². The number of aliphatic imine (C=N–C) groups is 1. The zero-order chi connectivity index (χ0) is 20.6. The third-order valence-electron chi connectivity index (χ3n) is 5.56. The van der Waals surface area contributed by atoms with Gasteiger partial charge in [-0.15, -0.1) is 34.2 Å². The molecule has 3 heterocycles. The molecule has 1 aromatic carbocycles. The van der Waals surface area contributed by atoms with Crippen molar-refractivity contribution in [3.05, 3.63) is 66.1 Å². The Hall–Kier alpha value is -2.20. The quantitative estimate of drug-likeness (QED) is 0.264. The van der Waals surface area contributed by atoms with Gasteiger partial charge in [-0.05, 0) is 50.6 Å². The number of benzene rings is 1. The average Bonchev–Trinajstić information content (AvgIpc) is 3.45. The van der Waals surface area contributed by atoms with E-state index in [0.29, 0.717) is 6.04 Å². The van der Waals surface area contributed by atoms with Gasteiger partial charge in [0.2, 0.25) is 0 Å². The lowest BCUT2D eigenvalue weighted by atomic mass is 10.1. The molecule has 0 radical (unpaired) electrons. The fourth-order valence-electron chi connectivity index (χ4n) is 4.03. The smallest absolute Gasteiger partial charge is 0.191 e. The Labute approximate surface area is 201 Å². The van der Waals surface area contributed by atoms with Gasteiger partial charge in [-0.1, -0.05) is 36.4 Å². The lowest BCUT2D eigenvalue weighted by Gasteiger charge is -2.27. The fraction of sp³-hybridized carbons (Fsp3) is 0.435. The second kappa shape index (κ2) is 12.0. The van der Waals surface area contributed by atoms with Gasteiger partial charge >= 0.3 is 0 Å². The topological polar surface area (TPSA) is 69.8 Å². The van der Waals surface area contributed by atoms with Crippen LogP contribution in [0.1, 0.15) is 37.2 Å². The van der Waals surface area contributed by atoms with Crippen LogP contribution in [-0.2, 0) is 6.42 Å². The molecule has 166 valence electrons. The summed E-state index contributed by atoms with van der Waals surface area (Å²) in [6.07, 6.45) is 5.34. The van der Waals surface area contributed by atoms with Gasteiger partial charge in [0.1, 0.15) is 5.82 Å². The van der Waals surface area contributed by atoms with Gasteiger partial charge in [0.25, 0.3) is 0 Å². The molecule has 0 spiro atoms. The summed E-state index contributed by atoms with van der Waals surface area (Å²) in [5.74, 6) is 1.81. The Morgan fingerprint density at radius 2 is 1.81 bits per heavy atom. The minimum atomic E-state index is 0. The van der Waals surface area contributed by atoms with Crippen molar-refractivity contribution in [3.8, 4) is 0 Å². The number of nitrogens with one attached hydrogen (secondary N) is 2. The molecule has 8 heteroatoms. The lowest BCUT2D eigenvalue weighted by Crippen LogP contribution is -2.39. The molecule has 0 amide bonds. The maximum Gasteiger partial charge on any atom is 0.191 e. The molecule has 0 saturated carbocycles. The van der Waals surface area contributed by atoms with E-state index in [0.717, 1.165) is 56.6 Å². The zero-order valence-corrected chi connectivity index (χ0v) is 20.4. The molecule has 1 atom stereocenters. The van der Waals surface area contributed by atoms with E-state index in [1.807, 2.05) is 28.8 Å². The molecule has 0 bridgehead atoms. The number of aromatic nitrogens is 3. The predicted molar refractivity (Wildman–Crippen MR) is 136 cm³/mol. The third-order valence-corrected chi connectivity index (χ3v) is 5.56. The molecule has 31 heavy (non-hydrogen) atoms. The average molecular weight is 533 g/mol. The van der Waals surface area contributed by atoms with Crippen LogP contribution < -0.4 is 10.6 Å². The van der Waals surface area contributed by atoms with Crippen LogP contribution in [-0.4, -0.2) is 58.2 Å². The zero-order valence-electron chi connectivity index (χ0n) is 18.1. The summed E-state index contributed by atoms with van der Waals surface area (Å²) in [6.45, 7) is 6.73. The summed E-state index contributed by atoms with van der Waals surface area (Å²) in [6, 6.07) is 17.0. The second-order valence-electron chi connectivity index (χ2n) is 7.61. The SMILES string of the molecule is CCNC(=NCC(c1ccccc1)N1CCCC1)NCCc1nnc2ccccn12.I. The molecule has 0 aliphatic carbocycles. The van der Waals surface area contributed by atoms with Gasteiger partial charge < -0.3 is 10.6 Å². The Balaban J connectivity index is 0.00000272. The Morgan fingerprint density at radius 1 is 1.03 bits per heavy atom. The van der Waals surface area contributed by atoms with E-state index in [1.165, 1.54) is 18.4 Å². The first kappa shape index (κ1) is 23.5. The first-order chi connectivity index (χ1) is 14.8. The number of halogens is 1. The van der Waals surface area contributed by atoms with Gasteiger partial charge in [-0.3, -0.25) is 14.3 Å². The first-order valence-electron chi connectivity index (χ1n) is 10.9. The number of hydrogen-bond donors (Lipinski definition) is 2. The first-order valence-corrected chi connectivity index (χ1v) is 10.9. The molecule has 4 rings (SSSR count). The lowest BCUT2D eigenvalue weighted by molar-refractivity contribution is 0.251. The van der Waals surface area contributed by atoms with Crippen LogP contribution in [0.25, 0.3) is 5.65 Å². The molecule has 1 aliphatic heterocycles. The third kappa shape index (κ3) is 6.16. The number of nitrogens with zero attached hydrogens (tertiary/aromatic N) is 5. The van der Waals surface area contributed by atoms with E-state index < -0.39 is 0 Å². The van der Waals surface area contributed by atoms with Crippen molar-refractivity contribution in [1.29, 1.82) is 0 Å². The van der Waals surface area contributed by atoms with Crippen molar-refractivity contribution in [1.82, 2.24) is 30.1 Å². The van der Waals surface area contributed by atoms with Gasteiger partial charge in [0.05, 0.1) is 12.6 Å². The molecule has 3 aromatic rings. The maximum absolute atomic E-state index is 4.93. The van der Waals surface area contributed by atoms with Gasteiger partial charge in [-0.25, -0.2) is 0 Å². The van der Waals surface area contributed by atoms with Crippen LogP contribution in [0, 0.1) is 0 Å². The molecule has 1 fully saturated rings. The van der Waals surface area contributed by atoms with Crippen molar-refractivity contribution in [2.75, 3.05) is 32.7 Å². The molecule has 1 unspecified atom stereocenters. The van der Waals surface area contributed by atoms with E-state index in [1.54, 1.807) is 0 Å². The van der Waals surface area contributed by atoms with Crippen molar-refractivity contribution in [3.63, 3.8) is 0 Å². The summed E-state index contributed by atoms with van der Waals surface area (Å²) in [4.78, 5) is 7.49. The summed E-state index contributed by atoms with van der Waals surface area (Å²) in [5, 5.41) is 15.4. The molecular weight excluding hydrogens is 501 g/mol. The van der Waals surface area contributed by atoms with Gasteiger partial charge in [0.15, 0.2) is 11.6 Å². The van der Waals surface area contributed by atoms with Gasteiger partial charge in [0, 0.05) is 25.7 Å². The van der Waals surface area contributed by atoms with Crippen LogP contribution in [0.2, 0.25) is 0 Å². The van der Waals surface area contributed by atoms with Crippen LogP contribution >= 0.6 is 24.0 Å². The number of fused-ring (bicyclic) bond motifs is 1. The molecule has 2 N–H and O–H groups in total. The van der Waals surface area contributed by atoms with Crippen molar-refractivity contribution < 1.29 is 0 Å².